The molecular formula is C41H56N6O9. The second-order valence-corrected chi connectivity index (χ2v) is 15.5. The fourth-order valence-electron chi connectivity index (χ4n) is 7.56. The zero-order valence-electron chi connectivity index (χ0n) is 32.7. The standard InChI is InChI=1S/C41H56N6O9/c1-3-4-22-54-41(53)46-20-18-45(19-21-46)40(52)31(15-16-37(49)56-25-28-8-5-6-9-28)44-38(50)33-24-35(30-14-11-27(2)23-32(30)43-33)55-26-36(48)47-17-7-10-34(47)39(51)42-29-12-13-29/h11,14,23-24,28-29,31,34H,3-10,12-13,15-22,25-26H2,1-2H3,(H,42,51)(H,44,50). The Morgan fingerprint density at radius 2 is 1.64 bits per heavy atom. The van der Waals surface area contributed by atoms with E-state index in [-0.39, 0.29) is 80.8 Å². The predicted molar refractivity (Wildman–Crippen MR) is 206 cm³/mol. The molecule has 56 heavy (non-hydrogen) atoms. The zero-order chi connectivity index (χ0) is 39.6. The maximum Gasteiger partial charge on any atom is 0.409 e. The molecule has 2 saturated heterocycles. The maximum atomic E-state index is 14.0. The van der Waals surface area contributed by atoms with Crippen LogP contribution in [0.25, 0.3) is 10.9 Å². The van der Waals surface area contributed by atoms with Crippen molar-refractivity contribution in [1.29, 1.82) is 0 Å². The Labute approximate surface area is 328 Å². The summed E-state index contributed by atoms with van der Waals surface area (Å²) in [4.78, 5) is 88.9. The molecule has 5 amide bonds. The average Bonchev–Trinajstić information content (AvgIpc) is 3.61. The molecule has 1 aromatic heterocycles. The average molecular weight is 777 g/mol. The van der Waals surface area contributed by atoms with Crippen LogP contribution in [0, 0.1) is 12.8 Å². The van der Waals surface area contributed by atoms with Crippen molar-refractivity contribution in [2.24, 2.45) is 5.92 Å². The highest BCUT2D eigenvalue weighted by Gasteiger charge is 2.37. The van der Waals surface area contributed by atoms with Gasteiger partial charge in [0.05, 0.1) is 18.7 Å². The number of hydrogen-bond acceptors (Lipinski definition) is 10. The summed E-state index contributed by atoms with van der Waals surface area (Å²) in [5, 5.41) is 6.41. The number of esters is 1. The molecule has 6 rings (SSSR count). The highest BCUT2D eigenvalue weighted by Crippen LogP contribution is 2.28. The van der Waals surface area contributed by atoms with E-state index in [0.717, 1.165) is 63.4 Å². The van der Waals surface area contributed by atoms with Gasteiger partial charge < -0.3 is 39.5 Å². The van der Waals surface area contributed by atoms with E-state index in [1.807, 2.05) is 26.0 Å². The number of aryl methyl sites for hydroxylation is 1. The number of aromatic nitrogens is 1. The molecule has 2 aromatic rings. The molecule has 0 radical (unpaired) electrons. The lowest BCUT2D eigenvalue weighted by Crippen LogP contribution is -2.56. The van der Waals surface area contributed by atoms with Crippen LogP contribution in [0.5, 0.6) is 5.75 Å². The lowest BCUT2D eigenvalue weighted by atomic mass is 10.1. The minimum atomic E-state index is -1.08. The molecule has 4 fully saturated rings. The number of likely N-dealkylation sites (tertiary alicyclic amines) is 1. The first-order valence-electron chi connectivity index (χ1n) is 20.4. The summed E-state index contributed by atoms with van der Waals surface area (Å²) in [5.74, 6) is -1.34. The first-order chi connectivity index (χ1) is 27.1. The van der Waals surface area contributed by atoms with Gasteiger partial charge >= 0.3 is 12.1 Å². The summed E-state index contributed by atoms with van der Waals surface area (Å²) in [6.45, 7) is 5.72. The molecule has 2 aliphatic heterocycles. The molecule has 304 valence electrons. The van der Waals surface area contributed by atoms with Crippen molar-refractivity contribution in [2.45, 2.75) is 109 Å². The van der Waals surface area contributed by atoms with Crippen LogP contribution in [0.4, 0.5) is 4.79 Å². The third-order valence-electron chi connectivity index (χ3n) is 11.1. The molecule has 15 nitrogen and oxygen atoms in total. The van der Waals surface area contributed by atoms with Crippen LogP contribution in [-0.4, -0.2) is 126 Å². The van der Waals surface area contributed by atoms with E-state index in [9.17, 15) is 28.8 Å². The summed E-state index contributed by atoms with van der Waals surface area (Å²) in [5.41, 5.74) is 1.32. The van der Waals surface area contributed by atoms with Gasteiger partial charge in [0.2, 0.25) is 11.8 Å². The number of carbonyl (C=O) groups excluding carboxylic acids is 6. The van der Waals surface area contributed by atoms with Gasteiger partial charge in [-0.1, -0.05) is 32.3 Å². The second kappa shape index (κ2) is 19.3. The highest BCUT2D eigenvalue weighted by molar-refractivity contribution is 5.99. The number of nitrogens with one attached hydrogen (secondary N) is 2. The number of unbranched alkanes of at least 4 members (excludes halogenated alkanes) is 1. The van der Waals surface area contributed by atoms with Gasteiger partial charge in [-0.25, -0.2) is 9.78 Å². The molecule has 15 heteroatoms. The Bertz CT molecular complexity index is 1750. The number of nitrogens with zero attached hydrogens (tertiary/aromatic N) is 4. The van der Waals surface area contributed by atoms with Gasteiger partial charge in [-0.05, 0) is 81.9 Å². The molecule has 2 atom stereocenters. The van der Waals surface area contributed by atoms with Crippen LogP contribution >= 0.6 is 0 Å². The minimum Gasteiger partial charge on any atom is -0.483 e. The van der Waals surface area contributed by atoms with Crippen LogP contribution in [0.1, 0.15) is 100 Å². The van der Waals surface area contributed by atoms with E-state index in [4.69, 9.17) is 14.2 Å². The zero-order valence-corrected chi connectivity index (χ0v) is 32.7. The van der Waals surface area contributed by atoms with Gasteiger partial charge in [-0.3, -0.25) is 24.0 Å². The largest absolute Gasteiger partial charge is 0.483 e. The lowest BCUT2D eigenvalue weighted by molar-refractivity contribution is -0.145. The Hall–Kier alpha value is -4.95. The van der Waals surface area contributed by atoms with Crippen molar-refractivity contribution in [3.8, 4) is 5.75 Å². The monoisotopic (exact) mass is 776 g/mol. The summed E-state index contributed by atoms with van der Waals surface area (Å²) in [7, 11) is 0. The van der Waals surface area contributed by atoms with E-state index in [1.54, 1.807) is 20.8 Å². The van der Waals surface area contributed by atoms with Gasteiger partial charge in [-0.2, -0.15) is 0 Å². The highest BCUT2D eigenvalue weighted by atomic mass is 16.6. The molecule has 0 bridgehead atoms. The number of benzene rings is 1. The summed E-state index contributed by atoms with van der Waals surface area (Å²) >= 11 is 0. The molecule has 2 unspecified atom stereocenters. The van der Waals surface area contributed by atoms with E-state index in [2.05, 4.69) is 15.6 Å². The van der Waals surface area contributed by atoms with E-state index >= 15 is 0 Å². The fourth-order valence-corrected chi connectivity index (χ4v) is 7.56. The minimum absolute atomic E-state index is 0.00320. The first kappa shape index (κ1) is 40.7. The Kier molecular flexibility index (Phi) is 14.0. The molecule has 2 aliphatic carbocycles. The second-order valence-electron chi connectivity index (χ2n) is 15.5. The summed E-state index contributed by atoms with van der Waals surface area (Å²) < 4.78 is 17.0. The van der Waals surface area contributed by atoms with Gasteiger partial charge in [0.25, 0.3) is 11.8 Å². The number of hydrogen-bond donors (Lipinski definition) is 2. The fraction of sp³-hybridized carbons (Fsp3) is 0.634. The predicted octanol–water partition coefficient (Wildman–Crippen LogP) is 3.88. The molecule has 3 heterocycles. The van der Waals surface area contributed by atoms with Crippen LogP contribution in [0.15, 0.2) is 24.3 Å². The van der Waals surface area contributed by atoms with Gasteiger partial charge in [0.1, 0.15) is 23.5 Å². The number of piperazine rings is 1. The number of amides is 5. The number of ether oxygens (including phenoxy) is 3. The van der Waals surface area contributed by atoms with Gasteiger partial charge in [0.15, 0.2) is 6.61 Å². The third-order valence-corrected chi connectivity index (χ3v) is 11.1. The number of rotatable bonds is 16. The van der Waals surface area contributed by atoms with Gasteiger partial charge in [-0.15, -0.1) is 0 Å². The van der Waals surface area contributed by atoms with Crippen LogP contribution in [0.3, 0.4) is 0 Å². The number of carbonyl (C=O) groups is 6. The van der Waals surface area contributed by atoms with Crippen LogP contribution < -0.4 is 15.4 Å². The van der Waals surface area contributed by atoms with E-state index in [1.165, 1.54) is 6.07 Å². The number of fused-ring (bicyclic) bond motifs is 1. The summed E-state index contributed by atoms with van der Waals surface area (Å²) in [6.07, 6.45) is 8.69. The van der Waals surface area contributed by atoms with Crippen molar-refractivity contribution < 1.29 is 43.0 Å². The van der Waals surface area contributed by atoms with Crippen molar-refractivity contribution in [2.75, 3.05) is 52.5 Å². The SMILES string of the molecule is CCCCOC(=O)N1CCN(C(=O)C(CCC(=O)OCC2CCCC2)NC(=O)c2cc(OCC(=O)N3CCCC3C(=O)NC3CC3)c3ccc(C)cc3n2)CC1. The Balaban J connectivity index is 1.14. The van der Waals surface area contributed by atoms with E-state index in [0.29, 0.717) is 43.0 Å². The molecule has 2 N–H and O–H groups in total. The van der Waals surface area contributed by atoms with Crippen LogP contribution in [-0.2, 0) is 28.7 Å². The maximum absolute atomic E-state index is 14.0. The quantitative estimate of drug-likeness (QED) is 0.188. The van der Waals surface area contributed by atoms with Crippen molar-refractivity contribution in [3.63, 3.8) is 0 Å². The molecule has 4 aliphatic rings. The van der Waals surface area contributed by atoms with E-state index < -0.39 is 30.1 Å². The summed E-state index contributed by atoms with van der Waals surface area (Å²) in [6, 6.07) is 5.50. The Morgan fingerprint density at radius 3 is 2.38 bits per heavy atom. The van der Waals surface area contributed by atoms with Crippen LogP contribution in [0.2, 0.25) is 0 Å². The topological polar surface area (TPSA) is 177 Å². The first-order valence-corrected chi connectivity index (χ1v) is 20.4. The van der Waals surface area contributed by atoms with Crippen molar-refractivity contribution in [3.05, 3.63) is 35.5 Å². The van der Waals surface area contributed by atoms with Crippen molar-refractivity contribution >= 4 is 46.6 Å². The lowest BCUT2D eigenvalue weighted by Gasteiger charge is -2.36. The molecule has 0 spiro atoms. The molecule has 2 saturated carbocycles. The Morgan fingerprint density at radius 1 is 0.893 bits per heavy atom. The third kappa shape index (κ3) is 10.9. The molecule has 1 aromatic carbocycles. The molecular weight excluding hydrogens is 720 g/mol. The van der Waals surface area contributed by atoms with Gasteiger partial charge in [0, 0.05) is 56.6 Å². The number of pyridine rings is 1. The normalized spacial score (nSPS) is 19.1. The van der Waals surface area contributed by atoms with Crippen molar-refractivity contribution in [1.82, 2.24) is 30.3 Å². The smallest absolute Gasteiger partial charge is 0.409 e.